The van der Waals surface area contributed by atoms with E-state index in [2.05, 4.69) is 15.1 Å². The summed E-state index contributed by atoms with van der Waals surface area (Å²) < 4.78 is 15.7. The van der Waals surface area contributed by atoms with Crippen molar-refractivity contribution in [3.63, 3.8) is 0 Å². The lowest BCUT2D eigenvalue weighted by atomic mass is 9.91. The molecular weight excluding hydrogens is 262 g/mol. The summed E-state index contributed by atoms with van der Waals surface area (Å²) in [6.07, 6.45) is 2.72. The van der Waals surface area contributed by atoms with Crippen LogP contribution in [0.25, 0.3) is 0 Å². The van der Waals surface area contributed by atoms with Crippen LogP contribution in [0.4, 0.5) is 0 Å². The zero-order valence-electron chi connectivity index (χ0n) is 12.3. The van der Waals surface area contributed by atoms with Crippen LogP contribution in [0.3, 0.4) is 0 Å². The minimum Gasteiger partial charge on any atom is -0.464 e. The first-order valence-electron chi connectivity index (χ1n) is 6.23. The lowest BCUT2D eigenvalue weighted by molar-refractivity contribution is -0.00959. The number of hydrogen-bond donors (Lipinski definition) is 1. The molecule has 0 atom stereocenters. The van der Waals surface area contributed by atoms with E-state index in [9.17, 15) is 0 Å². The van der Waals surface area contributed by atoms with Crippen molar-refractivity contribution in [3.8, 4) is 5.75 Å². The molecule has 0 bridgehead atoms. The number of ether oxygens (including phenoxy) is 3. The van der Waals surface area contributed by atoms with E-state index in [0.717, 1.165) is 5.69 Å². The third-order valence-electron chi connectivity index (χ3n) is 2.39. The van der Waals surface area contributed by atoms with Crippen LogP contribution in [0.2, 0.25) is 0 Å². The highest BCUT2D eigenvalue weighted by Gasteiger charge is 2.22. The van der Waals surface area contributed by atoms with E-state index in [-0.39, 0.29) is 12.2 Å². The predicted octanol–water partition coefficient (Wildman–Crippen LogP) is 1.58. The molecule has 7 nitrogen and oxygen atoms in total. The van der Waals surface area contributed by atoms with Gasteiger partial charge in [0.15, 0.2) is 18.4 Å². The van der Waals surface area contributed by atoms with Crippen LogP contribution in [-0.4, -0.2) is 48.5 Å². The Morgan fingerprint density at radius 1 is 1.35 bits per heavy atom. The van der Waals surface area contributed by atoms with Crippen molar-refractivity contribution in [3.05, 3.63) is 17.7 Å². The molecule has 112 valence electrons. The number of rotatable bonds is 7. The Balaban J connectivity index is 2.78. The lowest BCUT2D eigenvalue weighted by Crippen LogP contribution is -2.18. The van der Waals surface area contributed by atoms with Gasteiger partial charge in [-0.3, -0.25) is 0 Å². The van der Waals surface area contributed by atoms with Gasteiger partial charge in [0, 0.05) is 12.5 Å². The van der Waals surface area contributed by atoms with Crippen molar-refractivity contribution in [2.45, 2.75) is 26.2 Å². The Labute approximate surface area is 118 Å². The smallest absolute Gasteiger partial charge is 0.189 e. The van der Waals surface area contributed by atoms with Gasteiger partial charge in [-0.15, -0.1) is 0 Å². The predicted molar refractivity (Wildman–Crippen MR) is 73.4 cm³/mol. The first-order chi connectivity index (χ1) is 9.49. The molecule has 0 aromatic carbocycles. The maximum absolute atomic E-state index is 8.53. The first kappa shape index (κ1) is 16.3. The number of nitrogens with zero attached hydrogens (tertiary/aromatic N) is 3. The van der Waals surface area contributed by atoms with E-state index < -0.39 is 0 Å². The molecule has 20 heavy (non-hydrogen) atoms. The second-order valence-corrected chi connectivity index (χ2v) is 5.10. The Hall–Kier alpha value is -1.73. The quantitative estimate of drug-likeness (QED) is 0.269. The molecule has 1 rings (SSSR count). The first-order valence-corrected chi connectivity index (χ1v) is 6.23. The van der Waals surface area contributed by atoms with E-state index in [1.807, 2.05) is 20.8 Å². The molecular formula is C13H21N3O4. The highest BCUT2D eigenvalue weighted by atomic mass is 16.7. The van der Waals surface area contributed by atoms with Crippen LogP contribution in [0.5, 0.6) is 5.75 Å². The maximum atomic E-state index is 8.53. The topological polar surface area (TPSA) is 86.1 Å². The molecule has 1 N–H and O–H groups in total. The molecule has 0 aliphatic carbocycles. The molecule has 0 amide bonds. The highest BCUT2D eigenvalue weighted by Crippen LogP contribution is 2.28. The van der Waals surface area contributed by atoms with Crippen LogP contribution in [0, 0.1) is 0 Å². The van der Waals surface area contributed by atoms with Gasteiger partial charge < -0.3 is 19.4 Å². The number of hydrogen-bond acceptors (Lipinski definition) is 7. The summed E-state index contributed by atoms with van der Waals surface area (Å²) in [4.78, 5) is 8.36. The SMILES string of the molecule is COCCOCOc1cnc(C=NO)nc1C(C)(C)C. The van der Waals surface area contributed by atoms with Gasteiger partial charge in [-0.25, -0.2) is 9.97 Å². The number of oxime groups is 1. The fourth-order valence-corrected chi connectivity index (χ4v) is 1.45. The molecule has 0 saturated carbocycles. The van der Waals surface area contributed by atoms with Crippen LogP contribution in [0.15, 0.2) is 11.4 Å². The van der Waals surface area contributed by atoms with Gasteiger partial charge in [0.2, 0.25) is 0 Å². The summed E-state index contributed by atoms with van der Waals surface area (Å²) in [7, 11) is 1.61. The summed E-state index contributed by atoms with van der Waals surface area (Å²) in [5.41, 5.74) is 0.487. The molecule has 0 unspecified atom stereocenters. The highest BCUT2D eigenvalue weighted by molar-refractivity contribution is 5.73. The van der Waals surface area contributed by atoms with Crippen molar-refractivity contribution in [1.29, 1.82) is 0 Å². The van der Waals surface area contributed by atoms with Crippen LogP contribution in [-0.2, 0) is 14.9 Å². The molecule has 0 radical (unpaired) electrons. The molecule has 1 aromatic heterocycles. The van der Waals surface area contributed by atoms with E-state index in [4.69, 9.17) is 19.4 Å². The lowest BCUT2D eigenvalue weighted by Gasteiger charge is -2.21. The molecule has 0 aliphatic heterocycles. The van der Waals surface area contributed by atoms with E-state index >= 15 is 0 Å². The third-order valence-corrected chi connectivity index (χ3v) is 2.39. The van der Waals surface area contributed by atoms with Gasteiger partial charge in [0.05, 0.1) is 25.1 Å². The van der Waals surface area contributed by atoms with Gasteiger partial charge >= 0.3 is 0 Å². The summed E-state index contributed by atoms with van der Waals surface area (Å²) >= 11 is 0. The van der Waals surface area contributed by atoms with Crippen molar-refractivity contribution >= 4 is 6.21 Å². The van der Waals surface area contributed by atoms with E-state index in [1.165, 1.54) is 6.21 Å². The molecule has 7 heteroatoms. The van der Waals surface area contributed by atoms with E-state index in [0.29, 0.717) is 24.8 Å². The van der Waals surface area contributed by atoms with Crippen LogP contribution < -0.4 is 4.74 Å². The molecule has 0 aliphatic rings. The van der Waals surface area contributed by atoms with Gasteiger partial charge in [0.1, 0.15) is 6.21 Å². The third kappa shape index (κ3) is 5.10. The Morgan fingerprint density at radius 2 is 2.10 bits per heavy atom. The largest absolute Gasteiger partial charge is 0.464 e. The average molecular weight is 283 g/mol. The van der Waals surface area contributed by atoms with Gasteiger partial charge in [0.25, 0.3) is 0 Å². The minimum absolute atomic E-state index is 0.100. The fraction of sp³-hybridized carbons (Fsp3) is 0.615. The Morgan fingerprint density at radius 3 is 2.70 bits per heavy atom. The Bertz CT molecular complexity index is 444. The number of aromatic nitrogens is 2. The van der Waals surface area contributed by atoms with Crippen molar-refractivity contribution in [2.75, 3.05) is 27.1 Å². The molecule has 1 heterocycles. The van der Waals surface area contributed by atoms with E-state index in [1.54, 1.807) is 13.3 Å². The van der Waals surface area contributed by atoms with Gasteiger partial charge in [-0.05, 0) is 0 Å². The Kier molecular flexibility index (Phi) is 6.33. The summed E-state index contributed by atoms with van der Waals surface area (Å²) in [5, 5.41) is 11.5. The monoisotopic (exact) mass is 283 g/mol. The normalized spacial score (nSPS) is 12.0. The van der Waals surface area contributed by atoms with Crippen molar-refractivity contribution in [1.82, 2.24) is 9.97 Å². The molecule has 0 saturated heterocycles. The average Bonchev–Trinajstić information content (AvgIpc) is 2.39. The van der Waals surface area contributed by atoms with Crippen molar-refractivity contribution in [2.24, 2.45) is 5.16 Å². The second-order valence-electron chi connectivity index (χ2n) is 5.10. The maximum Gasteiger partial charge on any atom is 0.189 e. The van der Waals surface area contributed by atoms with Crippen molar-refractivity contribution < 1.29 is 19.4 Å². The zero-order valence-corrected chi connectivity index (χ0v) is 12.3. The van der Waals surface area contributed by atoms with Crippen LogP contribution >= 0.6 is 0 Å². The second kappa shape index (κ2) is 7.76. The van der Waals surface area contributed by atoms with Gasteiger partial charge in [-0.1, -0.05) is 25.9 Å². The summed E-state index contributed by atoms with van der Waals surface area (Å²) in [6, 6.07) is 0. The fourth-order valence-electron chi connectivity index (χ4n) is 1.45. The number of methoxy groups -OCH3 is 1. The minimum atomic E-state index is -0.233. The summed E-state index contributed by atoms with van der Waals surface area (Å²) in [6.45, 7) is 7.09. The molecule has 0 spiro atoms. The molecule has 1 aromatic rings. The molecule has 0 fully saturated rings. The van der Waals surface area contributed by atoms with Crippen LogP contribution in [0.1, 0.15) is 32.3 Å². The zero-order chi connectivity index (χ0) is 15.0. The summed E-state index contributed by atoms with van der Waals surface area (Å²) in [5.74, 6) is 0.870. The standard InChI is InChI=1S/C13H21N3O4/c1-13(2,3)12-10(20-9-19-6-5-18-4)7-14-11(16-12)8-15-17/h7-8,17H,5-6,9H2,1-4H3. The van der Waals surface area contributed by atoms with Gasteiger partial charge in [-0.2, -0.15) is 0 Å².